The Morgan fingerprint density at radius 2 is 2.25 bits per heavy atom. The number of aromatic nitrogens is 2. The lowest BCUT2D eigenvalue weighted by Crippen LogP contribution is -2.11. The summed E-state index contributed by atoms with van der Waals surface area (Å²) in [7, 11) is 3.73. The Balaban J connectivity index is 1.88. The number of thiazole rings is 1. The highest BCUT2D eigenvalue weighted by atomic mass is 32.1. The normalized spacial score (nSPS) is 11.5. The molecule has 0 aliphatic heterocycles. The summed E-state index contributed by atoms with van der Waals surface area (Å²) < 4.78 is 2.80. The smallest absolute Gasteiger partial charge is 0.167 e. The van der Waals surface area contributed by atoms with Crippen LogP contribution >= 0.6 is 11.3 Å². The van der Waals surface area contributed by atoms with Gasteiger partial charge in [0.2, 0.25) is 0 Å². The third-order valence-electron chi connectivity index (χ3n) is 3.77. The molecule has 6 nitrogen and oxygen atoms in total. The molecule has 2 N–H and O–H groups in total. The van der Waals surface area contributed by atoms with Crippen LogP contribution in [0, 0.1) is 6.92 Å². The topological polar surface area (TPSA) is 76.5 Å². The highest BCUT2D eigenvalue weighted by Crippen LogP contribution is 2.28. The number of nitrogen functional groups attached to an aromatic ring is 1. The van der Waals surface area contributed by atoms with Crippen LogP contribution in [0.2, 0.25) is 0 Å². The molecule has 7 heteroatoms. The zero-order valence-corrected chi connectivity index (χ0v) is 14.7. The number of benzene rings is 1. The average Bonchev–Trinajstić information content (AvgIpc) is 3.02. The molecule has 124 valence electrons. The lowest BCUT2D eigenvalue weighted by Gasteiger charge is -2.13. The summed E-state index contributed by atoms with van der Waals surface area (Å²) >= 11 is 1.57. The standard InChI is InChI=1S/C17H19N5OS/c1-11-20-17-16(24-11)14(15(10-23)22(17)3)8-19-21(2)9-12-5-4-6-13(18)7-12/h4-8,10H,9,18H2,1-3H3/b19-8-. The number of carbonyl (C=O) groups is 1. The molecule has 0 saturated heterocycles. The Kier molecular flexibility index (Phi) is 4.35. The molecule has 0 fully saturated rings. The first-order valence-electron chi connectivity index (χ1n) is 7.50. The SMILES string of the molecule is Cc1nc2c(s1)c(/C=N\N(C)Cc1cccc(N)c1)c(C=O)n2C. The van der Waals surface area contributed by atoms with E-state index in [1.54, 1.807) is 17.6 Å². The van der Waals surface area contributed by atoms with Crippen LogP contribution in [0.3, 0.4) is 0 Å². The summed E-state index contributed by atoms with van der Waals surface area (Å²) in [6, 6.07) is 7.71. The molecule has 24 heavy (non-hydrogen) atoms. The van der Waals surface area contributed by atoms with E-state index in [1.165, 1.54) is 0 Å². The number of nitrogens with two attached hydrogens (primary N) is 1. The fourth-order valence-electron chi connectivity index (χ4n) is 2.65. The van der Waals surface area contributed by atoms with Crippen LogP contribution in [0.5, 0.6) is 0 Å². The van der Waals surface area contributed by atoms with E-state index < -0.39 is 0 Å². The Labute approximate surface area is 144 Å². The highest BCUT2D eigenvalue weighted by Gasteiger charge is 2.17. The predicted octanol–water partition coefficient (Wildman–Crippen LogP) is 2.80. The number of anilines is 1. The van der Waals surface area contributed by atoms with E-state index >= 15 is 0 Å². The average molecular weight is 341 g/mol. The van der Waals surface area contributed by atoms with E-state index in [4.69, 9.17) is 5.73 Å². The summed E-state index contributed by atoms with van der Waals surface area (Å²) in [5.41, 5.74) is 9.83. The first-order valence-corrected chi connectivity index (χ1v) is 8.31. The van der Waals surface area contributed by atoms with Crippen LogP contribution < -0.4 is 5.73 Å². The molecule has 0 saturated carbocycles. The van der Waals surface area contributed by atoms with Crippen LogP contribution in [0.15, 0.2) is 29.4 Å². The van der Waals surface area contributed by atoms with Gasteiger partial charge in [0.05, 0.1) is 28.2 Å². The molecule has 3 rings (SSSR count). The maximum absolute atomic E-state index is 11.4. The van der Waals surface area contributed by atoms with Crippen LogP contribution in [-0.2, 0) is 13.6 Å². The van der Waals surface area contributed by atoms with Gasteiger partial charge < -0.3 is 10.3 Å². The number of hydrogen-bond acceptors (Lipinski definition) is 6. The van der Waals surface area contributed by atoms with Gasteiger partial charge in [-0.3, -0.25) is 9.80 Å². The highest BCUT2D eigenvalue weighted by molar-refractivity contribution is 7.18. The number of hydrogen-bond donors (Lipinski definition) is 1. The minimum absolute atomic E-state index is 0.588. The van der Waals surface area contributed by atoms with Gasteiger partial charge in [0.15, 0.2) is 11.9 Å². The summed E-state index contributed by atoms with van der Waals surface area (Å²) in [6.07, 6.45) is 2.58. The molecule has 0 aliphatic rings. The van der Waals surface area contributed by atoms with Crippen LogP contribution in [0.25, 0.3) is 10.3 Å². The third kappa shape index (κ3) is 3.03. The quantitative estimate of drug-likeness (QED) is 0.335. The van der Waals surface area contributed by atoms with Gasteiger partial charge in [-0.05, 0) is 24.6 Å². The maximum Gasteiger partial charge on any atom is 0.167 e. The van der Waals surface area contributed by atoms with E-state index in [1.807, 2.05) is 54.9 Å². The number of hydrazone groups is 1. The fraction of sp³-hybridized carbons (Fsp3) is 0.235. The van der Waals surface area contributed by atoms with Crippen molar-refractivity contribution in [3.63, 3.8) is 0 Å². The van der Waals surface area contributed by atoms with E-state index in [-0.39, 0.29) is 0 Å². The van der Waals surface area contributed by atoms with Crippen LogP contribution in [-0.4, -0.2) is 34.1 Å². The Hall–Kier alpha value is -2.67. The zero-order chi connectivity index (χ0) is 17.3. The van der Waals surface area contributed by atoms with Crippen molar-refractivity contribution in [3.8, 4) is 0 Å². The van der Waals surface area contributed by atoms with Gasteiger partial charge in [0, 0.05) is 25.3 Å². The molecule has 2 heterocycles. The number of aryl methyl sites for hydroxylation is 2. The molecule has 0 unspecified atom stereocenters. The molecule has 0 atom stereocenters. The molecule has 0 aliphatic carbocycles. The number of aldehydes is 1. The van der Waals surface area contributed by atoms with Gasteiger partial charge in [-0.15, -0.1) is 11.3 Å². The number of nitrogens with zero attached hydrogens (tertiary/aromatic N) is 4. The van der Waals surface area contributed by atoms with Gasteiger partial charge in [-0.25, -0.2) is 4.98 Å². The largest absolute Gasteiger partial charge is 0.399 e. The minimum Gasteiger partial charge on any atom is -0.399 e. The molecule has 0 bridgehead atoms. The second-order valence-corrected chi connectivity index (χ2v) is 6.87. The van der Waals surface area contributed by atoms with Crippen molar-refractivity contribution in [2.75, 3.05) is 12.8 Å². The first kappa shape index (κ1) is 16.2. The van der Waals surface area contributed by atoms with Crippen molar-refractivity contribution in [1.82, 2.24) is 14.6 Å². The first-order chi connectivity index (χ1) is 11.5. The van der Waals surface area contributed by atoms with Crippen LogP contribution in [0.1, 0.15) is 26.6 Å². The number of fused-ring (bicyclic) bond motifs is 1. The number of rotatable bonds is 5. The summed E-state index contributed by atoms with van der Waals surface area (Å²) in [4.78, 5) is 15.9. The van der Waals surface area contributed by atoms with Crippen molar-refractivity contribution in [2.45, 2.75) is 13.5 Å². The van der Waals surface area contributed by atoms with Gasteiger partial charge in [-0.2, -0.15) is 5.10 Å². The number of carbonyl (C=O) groups excluding carboxylic acids is 1. The van der Waals surface area contributed by atoms with Crippen molar-refractivity contribution in [3.05, 3.63) is 46.1 Å². The van der Waals surface area contributed by atoms with Crippen molar-refractivity contribution < 1.29 is 4.79 Å². The summed E-state index contributed by atoms with van der Waals surface area (Å²) in [5.74, 6) is 0. The molecule has 1 aromatic carbocycles. The molecular weight excluding hydrogens is 322 g/mol. The molecular formula is C17H19N5OS. The second kappa shape index (κ2) is 6.45. The second-order valence-electron chi connectivity index (χ2n) is 5.67. The third-order valence-corrected chi connectivity index (χ3v) is 4.77. The van der Waals surface area contributed by atoms with Gasteiger partial charge in [-0.1, -0.05) is 12.1 Å². The minimum atomic E-state index is 0.588. The Morgan fingerprint density at radius 3 is 2.96 bits per heavy atom. The fourth-order valence-corrected chi connectivity index (χ4v) is 3.62. The summed E-state index contributed by atoms with van der Waals surface area (Å²) in [6.45, 7) is 2.59. The van der Waals surface area contributed by atoms with Crippen LogP contribution in [0.4, 0.5) is 5.69 Å². The zero-order valence-electron chi connectivity index (χ0n) is 13.9. The van der Waals surface area contributed by atoms with E-state index in [0.29, 0.717) is 12.2 Å². The van der Waals surface area contributed by atoms with E-state index in [9.17, 15) is 4.79 Å². The lowest BCUT2D eigenvalue weighted by molar-refractivity contribution is 0.111. The molecule has 3 aromatic rings. The van der Waals surface area contributed by atoms with Crippen molar-refractivity contribution in [1.29, 1.82) is 0 Å². The Bertz CT molecular complexity index is 925. The monoisotopic (exact) mass is 341 g/mol. The van der Waals surface area contributed by atoms with E-state index in [0.717, 1.165) is 38.5 Å². The molecule has 0 amide bonds. The van der Waals surface area contributed by atoms with Crippen molar-refractivity contribution >= 4 is 39.9 Å². The maximum atomic E-state index is 11.4. The molecule has 2 aromatic heterocycles. The summed E-state index contributed by atoms with van der Waals surface area (Å²) in [5, 5.41) is 7.26. The molecule has 0 radical (unpaired) electrons. The Morgan fingerprint density at radius 1 is 1.46 bits per heavy atom. The van der Waals surface area contributed by atoms with E-state index in [2.05, 4.69) is 10.1 Å². The van der Waals surface area contributed by atoms with Crippen molar-refractivity contribution in [2.24, 2.45) is 12.1 Å². The van der Waals surface area contributed by atoms with Gasteiger partial charge in [0.1, 0.15) is 0 Å². The van der Waals surface area contributed by atoms with Gasteiger partial charge in [0.25, 0.3) is 0 Å². The predicted molar refractivity (Wildman–Crippen MR) is 98.6 cm³/mol. The molecule has 0 spiro atoms. The van der Waals surface area contributed by atoms with Gasteiger partial charge >= 0.3 is 0 Å². The lowest BCUT2D eigenvalue weighted by atomic mass is 10.2.